The van der Waals surface area contributed by atoms with E-state index in [2.05, 4.69) is 66.9 Å². The molecule has 1 nitrogen and oxygen atoms in total. The first-order valence-electron chi connectivity index (χ1n) is 5.05. The van der Waals surface area contributed by atoms with Crippen molar-refractivity contribution in [2.75, 3.05) is 5.32 Å². The molecule has 14 heavy (non-hydrogen) atoms. The highest BCUT2D eigenvalue weighted by Crippen LogP contribution is 2.38. The van der Waals surface area contributed by atoms with Crippen LogP contribution in [0.25, 0.3) is 0 Å². The molecule has 1 aliphatic rings. The van der Waals surface area contributed by atoms with Crippen LogP contribution in [0.15, 0.2) is 18.2 Å². The lowest BCUT2D eigenvalue weighted by molar-refractivity contribution is 0.454. The first kappa shape index (κ1) is 10.3. The number of anilines is 1. The highest BCUT2D eigenvalue weighted by atomic mass is 127. The third kappa shape index (κ3) is 1.90. The summed E-state index contributed by atoms with van der Waals surface area (Å²) in [6.45, 7) is 6.85. The molecular formula is C12H16IN. The van der Waals surface area contributed by atoms with Crippen molar-refractivity contribution in [3.8, 4) is 0 Å². The summed E-state index contributed by atoms with van der Waals surface area (Å²) in [7, 11) is 0. The molecule has 0 radical (unpaired) electrons. The maximum atomic E-state index is 3.60. The minimum Gasteiger partial charge on any atom is -0.380 e. The molecule has 1 aromatic carbocycles. The number of hydrogen-bond acceptors (Lipinski definition) is 1. The fourth-order valence-electron chi connectivity index (χ4n) is 2.36. The number of halogens is 1. The molecule has 1 aliphatic heterocycles. The molecule has 2 heteroatoms. The fourth-order valence-corrected chi connectivity index (χ4v) is 2.85. The summed E-state index contributed by atoms with van der Waals surface area (Å²) in [5.41, 5.74) is 3.02. The second-order valence-electron chi connectivity index (χ2n) is 4.85. The SMILES string of the molecule is CC1CC(C)(C)Nc2cc(I)ccc21. The number of hydrogen-bond donors (Lipinski definition) is 1. The quantitative estimate of drug-likeness (QED) is 0.715. The molecule has 0 spiro atoms. The third-order valence-electron chi connectivity index (χ3n) is 2.84. The molecule has 0 fully saturated rings. The second kappa shape index (κ2) is 3.40. The zero-order valence-electron chi connectivity index (χ0n) is 8.89. The van der Waals surface area contributed by atoms with Crippen molar-refractivity contribution >= 4 is 28.3 Å². The topological polar surface area (TPSA) is 12.0 Å². The highest BCUT2D eigenvalue weighted by Gasteiger charge is 2.28. The van der Waals surface area contributed by atoms with E-state index >= 15 is 0 Å². The van der Waals surface area contributed by atoms with Crippen molar-refractivity contribution in [1.29, 1.82) is 0 Å². The van der Waals surface area contributed by atoms with Crippen molar-refractivity contribution in [2.45, 2.75) is 38.6 Å². The Labute approximate surface area is 99.4 Å². The van der Waals surface area contributed by atoms with Crippen molar-refractivity contribution in [1.82, 2.24) is 0 Å². The smallest absolute Gasteiger partial charge is 0.0390 e. The first-order chi connectivity index (χ1) is 6.48. The summed E-state index contributed by atoms with van der Waals surface area (Å²) in [4.78, 5) is 0. The van der Waals surface area contributed by atoms with Gasteiger partial charge in [-0.2, -0.15) is 0 Å². The van der Waals surface area contributed by atoms with Crippen molar-refractivity contribution in [2.24, 2.45) is 0 Å². The van der Waals surface area contributed by atoms with Crippen LogP contribution in [0.1, 0.15) is 38.7 Å². The monoisotopic (exact) mass is 301 g/mol. The van der Waals surface area contributed by atoms with Crippen LogP contribution in [0.3, 0.4) is 0 Å². The molecule has 1 heterocycles. The molecule has 0 amide bonds. The van der Waals surface area contributed by atoms with Gasteiger partial charge in [0, 0.05) is 14.8 Å². The van der Waals surface area contributed by atoms with Gasteiger partial charge in [0.1, 0.15) is 0 Å². The third-order valence-corrected chi connectivity index (χ3v) is 3.51. The Hall–Kier alpha value is -0.250. The van der Waals surface area contributed by atoms with Crippen LogP contribution in [0.5, 0.6) is 0 Å². The minimum absolute atomic E-state index is 0.233. The lowest BCUT2D eigenvalue weighted by Crippen LogP contribution is -2.36. The van der Waals surface area contributed by atoms with E-state index in [1.165, 1.54) is 21.2 Å². The van der Waals surface area contributed by atoms with Gasteiger partial charge >= 0.3 is 0 Å². The van der Waals surface area contributed by atoms with Crippen LogP contribution in [0.2, 0.25) is 0 Å². The largest absolute Gasteiger partial charge is 0.380 e. The molecule has 0 saturated carbocycles. The van der Waals surface area contributed by atoms with Crippen LogP contribution >= 0.6 is 22.6 Å². The molecule has 0 saturated heterocycles. The van der Waals surface area contributed by atoms with Gasteiger partial charge in [-0.1, -0.05) is 13.0 Å². The Kier molecular flexibility index (Phi) is 2.50. The van der Waals surface area contributed by atoms with Gasteiger partial charge in [0.15, 0.2) is 0 Å². The predicted molar refractivity (Wildman–Crippen MR) is 69.9 cm³/mol. The molecule has 0 aromatic heterocycles. The Morgan fingerprint density at radius 2 is 2.14 bits per heavy atom. The molecule has 1 N–H and O–H groups in total. The Bertz CT molecular complexity index is 357. The number of benzene rings is 1. The molecular weight excluding hydrogens is 285 g/mol. The van der Waals surface area contributed by atoms with E-state index in [1.807, 2.05) is 0 Å². The van der Waals surface area contributed by atoms with Gasteiger partial charge in [0.25, 0.3) is 0 Å². The van der Waals surface area contributed by atoms with Gasteiger partial charge < -0.3 is 5.32 Å². The molecule has 0 bridgehead atoms. The van der Waals surface area contributed by atoms with Crippen molar-refractivity contribution in [3.05, 3.63) is 27.3 Å². The van der Waals surface area contributed by atoms with Gasteiger partial charge in [-0.3, -0.25) is 0 Å². The van der Waals surface area contributed by atoms with Crippen LogP contribution in [0.4, 0.5) is 5.69 Å². The maximum absolute atomic E-state index is 3.60. The van der Waals surface area contributed by atoms with Gasteiger partial charge in [-0.05, 0) is 66.5 Å². The molecule has 2 rings (SSSR count). The number of fused-ring (bicyclic) bond motifs is 1. The van der Waals surface area contributed by atoms with E-state index in [1.54, 1.807) is 0 Å². The Morgan fingerprint density at radius 1 is 1.43 bits per heavy atom. The maximum Gasteiger partial charge on any atom is 0.0390 e. The molecule has 1 aromatic rings. The van der Waals surface area contributed by atoms with Crippen LogP contribution in [-0.2, 0) is 0 Å². The van der Waals surface area contributed by atoms with E-state index in [0.717, 1.165) is 0 Å². The Morgan fingerprint density at radius 3 is 2.86 bits per heavy atom. The Balaban J connectivity index is 2.46. The summed E-state index contributed by atoms with van der Waals surface area (Å²) in [5, 5.41) is 3.60. The van der Waals surface area contributed by atoms with E-state index < -0.39 is 0 Å². The fraction of sp³-hybridized carbons (Fsp3) is 0.500. The van der Waals surface area contributed by atoms with Crippen LogP contribution in [0, 0.1) is 3.57 Å². The minimum atomic E-state index is 0.233. The molecule has 0 aliphatic carbocycles. The van der Waals surface area contributed by atoms with Gasteiger partial charge in [-0.15, -0.1) is 0 Å². The van der Waals surface area contributed by atoms with Crippen LogP contribution in [-0.4, -0.2) is 5.54 Å². The van der Waals surface area contributed by atoms with Crippen LogP contribution < -0.4 is 5.32 Å². The van der Waals surface area contributed by atoms with E-state index in [4.69, 9.17) is 0 Å². The highest BCUT2D eigenvalue weighted by molar-refractivity contribution is 14.1. The average Bonchev–Trinajstić information content (AvgIpc) is 2.00. The standard InChI is InChI=1S/C12H16IN/c1-8-7-12(2,3)14-11-6-9(13)4-5-10(8)11/h4-6,8,14H,7H2,1-3H3. The van der Waals surface area contributed by atoms with Crippen molar-refractivity contribution in [3.63, 3.8) is 0 Å². The number of nitrogens with one attached hydrogen (secondary N) is 1. The number of rotatable bonds is 0. The summed E-state index contributed by atoms with van der Waals surface area (Å²) in [6.07, 6.45) is 1.21. The van der Waals surface area contributed by atoms with E-state index in [9.17, 15) is 0 Å². The lowest BCUT2D eigenvalue weighted by atomic mass is 9.82. The zero-order chi connectivity index (χ0) is 10.3. The lowest BCUT2D eigenvalue weighted by Gasteiger charge is -2.37. The average molecular weight is 301 g/mol. The first-order valence-corrected chi connectivity index (χ1v) is 6.13. The van der Waals surface area contributed by atoms with Gasteiger partial charge in [-0.25, -0.2) is 0 Å². The zero-order valence-corrected chi connectivity index (χ0v) is 11.1. The summed E-state index contributed by atoms with van der Waals surface area (Å²) in [6, 6.07) is 6.69. The van der Waals surface area contributed by atoms with Gasteiger partial charge in [0.2, 0.25) is 0 Å². The van der Waals surface area contributed by atoms with Gasteiger partial charge in [0.05, 0.1) is 0 Å². The van der Waals surface area contributed by atoms with Crippen molar-refractivity contribution < 1.29 is 0 Å². The van der Waals surface area contributed by atoms with E-state index in [-0.39, 0.29) is 5.54 Å². The molecule has 1 atom stereocenters. The van der Waals surface area contributed by atoms with E-state index in [0.29, 0.717) is 5.92 Å². The molecule has 76 valence electrons. The summed E-state index contributed by atoms with van der Waals surface area (Å²) < 4.78 is 1.30. The normalized spacial score (nSPS) is 23.9. The summed E-state index contributed by atoms with van der Waals surface area (Å²) >= 11 is 2.36. The molecule has 1 unspecified atom stereocenters. The second-order valence-corrected chi connectivity index (χ2v) is 6.09. The summed E-state index contributed by atoms with van der Waals surface area (Å²) in [5.74, 6) is 0.665. The predicted octanol–water partition coefficient (Wildman–Crippen LogP) is 3.99.